The Kier molecular flexibility index (Phi) is 4.32. The number of nitrogens with one attached hydrogen (secondary N) is 3. The van der Waals surface area contributed by atoms with Crippen LogP contribution in [0.2, 0.25) is 0 Å². The van der Waals surface area contributed by atoms with Crippen LogP contribution < -0.4 is 11.1 Å². The summed E-state index contributed by atoms with van der Waals surface area (Å²) in [7, 11) is 0. The van der Waals surface area contributed by atoms with Crippen LogP contribution in [0, 0.1) is 0 Å². The van der Waals surface area contributed by atoms with E-state index in [0.29, 0.717) is 6.42 Å². The molecular weight excluding hydrogens is 362 g/mol. The first-order valence-electron chi connectivity index (χ1n) is 9.58. The fourth-order valence-electron chi connectivity index (χ4n) is 3.67. The zero-order chi connectivity index (χ0) is 19.6. The second-order valence-electron chi connectivity index (χ2n) is 7.07. The molecule has 7 heteroatoms. The van der Waals surface area contributed by atoms with E-state index in [2.05, 4.69) is 66.8 Å². The van der Waals surface area contributed by atoms with Crippen molar-refractivity contribution in [1.82, 2.24) is 24.9 Å². The molecule has 0 aliphatic heterocycles. The van der Waals surface area contributed by atoms with Gasteiger partial charge in [-0.1, -0.05) is 24.3 Å². The summed E-state index contributed by atoms with van der Waals surface area (Å²) in [6, 6.07) is 14.5. The lowest BCUT2D eigenvalue weighted by Gasteiger charge is -2.11. The molecule has 5 N–H and O–H groups in total. The lowest BCUT2D eigenvalue weighted by atomic mass is 10.1. The summed E-state index contributed by atoms with van der Waals surface area (Å²) in [5, 5.41) is 4.70. The molecule has 3 heterocycles. The van der Waals surface area contributed by atoms with Crippen molar-refractivity contribution in [3.63, 3.8) is 0 Å². The molecule has 0 radical (unpaired) electrons. The van der Waals surface area contributed by atoms with Gasteiger partial charge in [-0.25, -0.2) is 9.97 Å². The standard InChI is InChI=1S/C22H21N7/c23-22-26-12-16(9-14-5-6-19-20(10-14)28-13-27-19)21(29-22)24-8-7-15-11-25-18-4-2-1-3-17(15)18/h1-6,10-13,25H,7-9H2,(H,27,28)(H3,23,24,26,29). The largest absolute Gasteiger partial charge is 0.369 e. The molecule has 0 amide bonds. The molecule has 2 aromatic carbocycles. The fraction of sp³-hybridized carbons (Fsp3) is 0.136. The van der Waals surface area contributed by atoms with E-state index < -0.39 is 0 Å². The molecular formula is C22H21N7. The van der Waals surface area contributed by atoms with Crippen LogP contribution in [-0.2, 0) is 12.8 Å². The maximum absolute atomic E-state index is 5.84. The van der Waals surface area contributed by atoms with Crippen molar-refractivity contribution < 1.29 is 0 Å². The SMILES string of the molecule is Nc1ncc(Cc2ccc3nc[nH]c3c2)c(NCCc2c[nH]c3ccccc23)n1. The first-order chi connectivity index (χ1) is 14.3. The van der Waals surface area contributed by atoms with Crippen molar-refractivity contribution in [2.24, 2.45) is 0 Å². The second kappa shape index (κ2) is 7.27. The number of nitrogen functional groups attached to an aromatic ring is 1. The third-order valence-electron chi connectivity index (χ3n) is 5.12. The van der Waals surface area contributed by atoms with Gasteiger partial charge in [0, 0.05) is 41.8 Å². The molecule has 0 unspecified atom stereocenters. The van der Waals surface area contributed by atoms with E-state index in [-0.39, 0.29) is 5.95 Å². The third kappa shape index (κ3) is 3.50. The van der Waals surface area contributed by atoms with Gasteiger partial charge >= 0.3 is 0 Å². The number of fused-ring (bicyclic) bond motifs is 2. The van der Waals surface area contributed by atoms with Crippen LogP contribution in [0.15, 0.2) is 61.2 Å². The smallest absolute Gasteiger partial charge is 0.221 e. The fourth-order valence-corrected chi connectivity index (χ4v) is 3.67. The number of H-pyrrole nitrogens is 2. The predicted molar refractivity (Wildman–Crippen MR) is 116 cm³/mol. The zero-order valence-corrected chi connectivity index (χ0v) is 15.8. The highest BCUT2D eigenvalue weighted by atomic mass is 15.1. The first-order valence-corrected chi connectivity index (χ1v) is 9.58. The van der Waals surface area contributed by atoms with E-state index in [4.69, 9.17) is 5.73 Å². The molecule has 3 aromatic heterocycles. The Bertz CT molecular complexity index is 1280. The molecule has 0 spiro atoms. The molecule has 0 atom stereocenters. The highest BCUT2D eigenvalue weighted by Gasteiger charge is 2.09. The molecule has 0 bridgehead atoms. The van der Waals surface area contributed by atoms with Crippen LogP contribution in [0.1, 0.15) is 16.7 Å². The summed E-state index contributed by atoms with van der Waals surface area (Å²) in [5.74, 6) is 1.05. The minimum Gasteiger partial charge on any atom is -0.369 e. The number of anilines is 2. The number of aromatic nitrogens is 5. The van der Waals surface area contributed by atoms with E-state index in [1.54, 1.807) is 12.5 Å². The first kappa shape index (κ1) is 17.2. The van der Waals surface area contributed by atoms with Gasteiger partial charge in [0.25, 0.3) is 0 Å². The van der Waals surface area contributed by atoms with Gasteiger partial charge in [0.2, 0.25) is 5.95 Å². The van der Waals surface area contributed by atoms with Crippen LogP contribution in [-0.4, -0.2) is 31.5 Å². The number of hydrogen-bond acceptors (Lipinski definition) is 5. The molecule has 5 rings (SSSR count). The van der Waals surface area contributed by atoms with Crippen LogP contribution >= 0.6 is 0 Å². The van der Waals surface area contributed by atoms with E-state index in [0.717, 1.165) is 46.5 Å². The van der Waals surface area contributed by atoms with Gasteiger partial charge in [-0.3, -0.25) is 0 Å². The van der Waals surface area contributed by atoms with Gasteiger partial charge in [-0.15, -0.1) is 0 Å². The quantitative estimate of drug-likeness (QED) is 0.358. The van der Waals surface area contributed by atoms with Crippen LogP contribution in [0.3, 0.4) is 0 Å². The van der Waals surface area contributed by atoms with E-state index in [1.807, 2.05) is 12.1 Å². The van der Waals surface area contributed by atoms with Crippen molar-refractivity contribution in [3.05, 3.63) is 77.9 Å². The lowest BCUT2D eigenvalue weighted by molar-refractivity contribution is 0.990. The molecule has 144 valence electrons. The summed E-state index contributed by atoms with van der Waals surface area (Å²) in [5.41, 5.74) is 12.4. The molecule has 0 fully saturated rings. The van der Waals surface area contributed by atoms with Gasteiger partial charge in [-0.2, -0.15) is 4.98 Å². The normalized spacial score (nSPS) is 11.3. The zero-order valence-electron chi connectivity index (χ0n) is 15.8. The number of aromatic amines is 2. The molecule has 0 saturated heterocycles. The maximum atomic E-state index is 5.84. The van der Waals surface area contributed by atoms with Gasteiger partial charge in [0.05, 0.1) is 17.4 Å². The Morgan fingerprint density at radius 1 is 0.966 bits per heavy atom. The highest BCUT2D eigenvalue weighted by Crippen LogP contribution is 2.21. The second-order valence-corrected chi connectivity index (χ2v) is 7.07. The average molecular weight is 383 g/mol. The summed E-state index contributed by atoms with van der Waals surface area (Å²) in [6.45, 7) is 0.755. The van der Waals surface area contributed by atoms with Crippen molar-refractivity contribution >= 4 is 33.7 Å². The van der Waals surface area contributed by atoms with Crippen molar-refractivity contribution in [2.45, 2.75) is 12.8 Å². The van der Waals surface area contributed by atoms with E-state index >= 15 is 0 Å². The molecule has 0 aliphatic rings. The third-order valence-corrected chi connectivity index (χ3v) is 5.12. The van der Waals surface area contributed by atoms with Gasteiger partial charge in [0.1, 0.15) is 5.82 Å². The van der Waals surface area contributed by atoms with Crippen molar-refractivity contribution in [1.29, 1.82) is 0 Å². The minimum absolute atomic E-state index is 0.271. The number of benzene rings is 2. The topological polar surface area (TPSA) is 108 Å². The monoisotopic (exact) mass is 383 g/mol. The number of nitrogens with two attached hydrogens (primary N) is 1. The molecule has 7 nitrogen and oxygen atoms in total. The van der Waals surface area contributed by atoms with E-state index in [9.17, 15) is 0 Å². The number of nitrogens with zero attached hydrogens (tertiary/aromatic N) is 3. The lowest BCUT2D eigenvalue weighted by Crippen LogP contribution is -2.11. The highest BCUT2D eigenvalue weighted by molar-refractivity contribution is 5.83. The van der Waals surface area contributed by atoms with Crippen LogP contribution in [0.4, 0.5) is 11.8 Å². The average Bonchev–Trinajstić information content (AvgIpc) is 3.37. The van der Waals surface area contributed by atoms with Gasteiger partial charge < -0.3 is 21.0 Å². The Morgan fingerprint density at radius 3 is 2.86 bits per heavy atom. The van der Waals surface area contributed by atoms with Gasteiger partial charge in [-0.05, 0) is 35.7 Å². The Labute approximate surface area is 167 Å². The van der Waals surface area contributed by atoms with Crippen molar-refractivity contribution in [3.8, 4) is 0 Å². The van der Waals surface area contributed by atoms with Gasteiger partial charge in [0.15, 0.2) is 0 Å². The number of para-hydroxylation sites is 1. The Hall–Kier alpha value is -3.87. The minimum atomic E-state index is 0.271. The van der Waals surface area contributed by atoms with Crippen molar-refractivity contribution in [2.75, 3.05) is 17.6 Å². The summed E-state index contributed by atoms with van der Waals surface area (Å²) < 4.78 is 0. The van der Waals surface area contributed by atoms with Crippen LogP contribution in [0.25, 0.3) is 21.9 Å². The Balaban J connectivity index is 1.33. The Morgan fingerprint density at radius 2 is 1.90 bits per heavy atom. The summed E-state index contributed by atoms with van der Waals surface area (Å²) >= 11 is 0. The molecule has 0 aliphatic carbocycles. The predicted octanol–water partition coefficient (Wildman–Crippen LogP) is 3.66. The molecule has 5 aromatic rings. The maximum Gasteiger partial charge on any atom is 0.221 e. The summed E-state index contributed by atoms with van der Waals surface area (Å²) in [4.78, 5) is 19.4. The molecule has 29 heavy (non-hydrogen) atoms. The summed E-state index contributed by atoms with van der Waals surface area (Å²) in [6.07, 6.45) is 7.17. The number of hydrogen-bond donors (Lipinski definition) is 4. The number of rotatable bonds is 6. The van der Waals surface area contributed by atoms with E-state index in [1.165, 1.54) is 10.9 Å². The van der Waals surface area contributed by atoms with Crippen LogP contribution in [0.5, 0.6) is 0 Å². The molecule has 0 saturated carbocycles. The number of imidazole rings is 1.